The molecule has 2 rings (SSSR count). The molecule has 0 saturated heterocycles. The molecule has 4 N–H and O–H groups in total. The van der Waals surface area contributed by atoms with Crippen LogP contribution in [0.5, 0.6) is 0 Å². The first-order valence-corrected chi connectivity index (χ1v) is 7.83. The minimum atomic E-state index is -3.79. The summed E-state index contributed by atoms with van der Waals surface area (Å²) >= 11 is 0.893. The number of carboxylic acid groups (broad SMARTS) is 1. The van der Waals surface area contributed by atoms with E-state index in [4.69, 9.17) is 10.2 Å². The number of carboxylic acids is 1. The van der Waals surface area contributed by atoms with Gasteiger partial charge in [-0.1, -0.05) is 0 Å². The molecule has 1 aromatic heterocycles. The van der Waals surface area contributed by atoms with Gasteiger partial charge in [0, 0.05) is 11.1 Å². The Kier molecular flexibility index (Phi) is 4.02. The highest BCUT2D eigenvalue weighted by Crippen LogP contribution is 2.15. The standard InChI is InChI=1S/C11H9N3O5S2/c12-21(18,19)7-3-1-6(2-4-7)13-9(15)10-14-8(5-20-10)11(16)17/h1-5H,(H,13,15)(H,16,17)(H2,12,18,19). The Labute approximate surface area is 123 Å². The zero-order chi connectivity index (χ0) is 15.6. The Hall–Kier alpha value is -2.30. The Morgan fingerprint density at radius 3 is 2.33 bits per heavy atom. The summed E-state index contributed by atoms with van der Waals surface area (Å²) in [6.07, 6.45) is 0. The van der Waals surface area contributed by atoms with Crippen LogP contribution in [0.1, 0.15) is 20.3 Å². The monoisotopic (exact) mass is 327 g/mol. The maximum atomic E-state index is 11.8. The van der Waals surface area contributed by atoms with Gasteiger partial charge in [0.2, 0.25) is 10.0 Å². The highest BCUT2D eigenvalue weighted by Gasteiger charge is 2.15. The van der Waals surface area contributed by atoms with E-state index in [-0.39, 0.29) is 15.6 Å². The topological polar surface area (TPSA) is 139 Å². The van der Waals surface area contributed by atoms with E-state index in [0.717, 1.165) is 11.3 Å². The van der Waals surface area contributed by atoms with Gasteiger partial charge in [0.1, 0.15) is 0 Å². The molecule has 8 nitrogen and oxygen atoms in total. The lowest BCUT2D eigenvalue weighted by Crippen LogP contribution is -2.14. The number of hydrogen-bond acceptors (Lipinski definition) is 6. The number of anilines is 1. The van der Waals surface area contributed by atoms with Gasteiger partial charge in [0.15, 0.2) is 10.7 Å². The Morgan fingerprint density at radius 1 is 1.24 bits per heavy atom. The fraction of sp³-hybridized carbons (Fsp3) is 0. The minimum absolute atomic E-state index is 0.0112. The van der Waals surface area contributed by atoms with Crippen molar-refractivity contribution in [3.63, 3.8) is 0 Å². The lowest BCUT2D eigenvalue weighted by atomic mass is 10.3. The first-order valence-electron chi connectivity index (χ1n) is 5.40. The highest BCUT2D eigenvalue weighted by atomic mass is 32.2. The van der Waals surface area contributed by atoms with E-state index in [0.29, 0.717) is 5.69 Å². The Balaban J connectivity index is 2.14. The molecule has 0 fully saturated rings. The molecule has 1 amide bonds. The highest BCUT2D eigenvalue weighted by molar-refractivity contribution is 7.89. The van der Waals surface area contributed by atoms with Crippen molar-refractivity contribution in [3.05, 3.63) is 40.3 Å². The van der Waals surface area contributed by atoms with Crippen LogP contribution in [0.25, 0.3) is 0 Å². The molecule has 0 aliphatic carbocycles. The average Bonchev–Trinajstić information content (AvgIpc) is 2.88. The van der Waals surface area contributed by atoms with Crippen LogP contribution >= 0.6 is 11.3 Å². The fourth-order valence-corrected chi connectivity index (χ4v) is 2.59. The SMILES string of the molecule is NS(=O)(=O)c1ccc(NC(=O)c2nc(C(=O)O)cs2)cc1. The van der Waals surface area contributed by atoms with E-state index in [1.807, 2.05) is 0 Å². The Morgan fingerprint density at radius 2 is 1.86 bits per heavy atom. The van der Waals surface area contributed by atoms with Crippen LogP contribution < -0.4 is 10.5 Å². The van der Waals surface area contributed by atoms with Gasteiger partial charge >= 0.3 is 5.97 Å². The van der Waals surface area contributed by atoms with Crippen molar-refractivity contribution in [3.8, 4) is 0 Å². The first-order chi connectivity index (χ1) is 9.77. The molecule has 0 atom stereocenters. The van der Waals surface area contributed by atoms with Crippen LogP contribution in [0.15, 0.2) is 34.5 Å². The fourth-order valence-electron chi connectivity index (χ4n) is 1.39. The van der Waals surface area contributed by atoms with Crippen molar-refractivity contribution in [2.24, 2.45) is 5.14 Å². The summed E-state index contributed by atoms with van der Waals surface area (Å²) in [7, 11) is -3.79. The number of primary sulfonamides is 1. The van der Waals surface area contributed by atoms with E-state index >= 15 is 0 Å². The number of carbonyl (C=O) groups is 2. The molecule has 0 saturated carbocycles. The molecule has 110 valence electrons. The third-order valence-electron chi connectivity index (χ3n) is 2.36. The van der Waals surface area contributed by atoms with E-state index < -0.39 is 21.9 Å². The summed E-state index contributed by atoms with van der Waals surface area (Å²) < 4.78 is 22.2. The van der Waals surface area contributed by atoms with Crippen LogP contribution in [0.2, 0.25) is 0 Å². The minimum Gasteiger partial charge on any atom is -0.476 e. The molecule has 1 heterocycles. The number of carbonyl (C=O) groups excluding carboxylic acids is 1. The van der Waals surface area contributed by atoms with Crippen molar-refractivity contribution in [2.75, 3.05) is 5.32 Å². The average molecular weight is 327 g/mol. The van der Waals surface area contributed by atoms with E-state index in [1.54, 1.807) is 0 Å². The number of amides is 1. The molecule has 0 radical (unpaired) electrons. The second-order valence-electron chi connectivity index (χ2n) is 3.87. The summed E-state index contributed by atoms with van der Waals surface area (Å²) in [5, 5.41) is 17.4. The Bertz CT molecular complexity index is 796. The maximum absolute atomic E-state index is 11.8. The number of sulfonamides is 1. The molecule has 1 aromatic carbocycles. The second kappa shape index (κ2) is 5.60. The van der Waals surface area contributed by atoms with Crippen LogP contribution in [0, 0.1) is 0 Å². The number of aromatic carboxylic acids is 1. The van der Waals surface area contributed by atoms with Crippen LogP contribution in [-0.4, -0.2) is 30.4 Å². The maximum Gasteiger partial charge on any atom is 0.355 e. The predicted molar refractivity (Wildman–Crippen MR) is 74.8 cm³/mol. The van der Waals surface area contributed by atoms with E-state index in [9.17, 15) is 18.0 Å². The van der Waals surface area contributed by atoms with E-state index in [2.05, 4.69) is 10.3 Å². The number of nitrogens with one attached hydrogen (secondary N) is 1. The van der Waals surface area contributed by atoms with Crippen molar-refractivity contribution < 1.29 is 23.1 Å². The molecule has 0 bridgehead atoms. The van der Waals surface area contributed by atoms with Gasteiger partial charge in [0.25, 0.3) is 5.91 Å². The largest absolute Gasteiger partial charge is 0.476 e. The van der Waals surface area contributed by atoms with Crippen molar-refractivity contribution in [1.29, 1.82) is 0 Å². The summed E-state index contributed by atoms with van der Waals surface area (Å²) in [4.78, 5) is 26.1. The number of aromatic nitrogens is 1. The number of nitrogens with two attached hydrogens (primary N) is 1. The molecule has 0 aliphatic heterocycles. The van der Waals surface area contributed by atoms with Gasteiger partial charge in [0.05, 0.1) is 4.90 Å². The van der Waals surface area contributed by atoms with Crippen molar-refractivity contribution in [2.45, 2.75) is 4.90 Å². The van der Waals surface area contributed by atoms with Gasteiger partial charge in [-0.3, -0.25) is 4.79 Å². The van der Waals surface area contributed by atoms with Crippen LogP contribution in [0.4, 0.5) is 5.69 Å². The lowest BCUT2D eigenvalue weighted by Gasteiger charge is -2.04. The second-order valence-corrected chi connectivity index (χ2v) is 6.29. The normalized spacial score (nSPS) is 11.1. The van der Waals surface area contributed by atoms with Crippen molar-refractivity contribution in [1.82, 2.24) is 4.98 Å². The predicted octanol–water partition coefficient (Wildman–Crippen LogP) is 0.741. The number of nitrogens with zero attached hydrogens (tertiary/aromatic N) is 1. The molecule has 0 unspecified atom stereocenters. The van der Waals surface area contributed by atoms with Gasteiger partial charge in [-0.15, -0.1) is 11.3 Å². The third-order valence-corrected chi connectivity index (χ3v) is 4.13. The zero-order valence-electron chi connectivity index (χ0n) is 10.3. The van der Waals surface area contributed by atoms with Gasteiger partial charge in [-0.05, 0) is 24.3 Å². The summed E-state index contributed by atoms with van der Waals surface area (Å²) in [5.74, 6) is -1.81. The molecule has 2 aromatic rings. The van der Waals surface area contributed by atoms with Crippen molar-refractivity contribution >= 4 is 38.9 Å². The van der Waals surface area contributed by atoms with E-state index in [1.165, 1.54) is 29.6 Å². The molecule has 10 heteroatoms. The smallest absolute Gasteiger partial charge is 0.355 e. The lowest BCUT2D eigenvalue weighted by molar-refractivity contribution is 0.0691. The summed E-state index contributed by atoms with van der Waals surface area (Å²) in [6, 6.07) is 5.22. The number of benzene rings is 1. The summed E-state index contributed by atoms with van der Waals surface area (Å²) in [5.41, 5.74) is 0.120. The molecular formula is C11H9N3O5S2. The quantitative estimate of drug-likeness (QED) is 0.756. The number of rotatable bonds is 4. The third kappa shape index (κ3) is 3.62. The van der Waals surface area contributed by atoms with Gasteiger partial charge in [-0.2, -0.15) is 0 Å². The number of thiazole rings is 1. The molecular weight excluding hydrogens is 318 g/mol. The summed E-state index contributed by atoms with van der Waals surface area (Å²) in [6.45, 7) is 0. The van der Waals surface area contributed by atoms with Gasteiger partial charge < -0.3 is 10.4 Å². The molecule has 0 aliphatic rings. The molecule has 21 heavy (non-hydrogen) atoms. The zero-order valence-corrected chi connectivity index (χ0v) is 11.9. The molecule has 0 spiro atoms. The first kappa shape index (κ1) is 15.1. The van der Waals surface area contributed by atoms with Crippen LogP contribution in [0.3, 0.4) is 0 Å². The van der Waals surface area contributed by atoms with Crippen LogP contribution in [-0.2, 0) is 10.0 Å². The van der Waals surface area contributed by atoms with Gasteiger partial charge in [-0.25, -0.2) is 23.3 Å². The number of hydrogen-bond donors (Lipinski definition) is 3.